The molecule has 0 saturated carbocycles. The van der Waals surface area contributed by atoms with Gasteiger partial charge in [0.2, 0.25) is 5.75 Å². The van der Waals surface area contributed by atoms with E-state index < -0.39 is 0 Å². The van der Waals surface area contributed by atoms with Crippen LogP contribution < -0.4 is 15.4 Å². The summed E-state index contributed by atoms with van der Waals surface area (Å²) in [5.41, 5.74) is 0. The average Bonchev–Trinajstić information content (AvgIpc) is 2.44. The maximum Gasteiger partial charge on any atom is 0.204 e. The van der Waals surface area contributed by atoms with Crippen LogP contribution in [-0.4, -0.2) is 41.9 Å². The normalized spacial score (nSPS) is 12.0. The first kappa shape index (κ1) is 15.5. The Morgan fingerprint density at radius 2 is 1.95 bits per heavy atom. The fourth-order valence-electron chi connectivity index (χ4n) is 1.86. The lowest BCUT2D eigenvalue weighted by atomic mass is 10.0. The minimum absolute atomic E-state index is 0.212. The van der Waals surface area contributed by atoms with Crippen molar-refractivity contribution in [3.05, 3.63) is 6.33 Å². The SMILES string of the molecule is CCNc1ncnc(NCC(CC)CCO)c1OC. The van der Waals surface area contributed by atoms with Crippen molar-refractivity contribution in [3.8, 4) is 5.75 Å². The van der Waals surface area contributed by atoms with Crippen LogP contribution in [-0.2, 0) is 0 Å². The Balaban J connectivity index is 2.74. The number of hydrogen-bond donors (Lipinski definition) is 3. The molecule has 3 N–H and O–H groups in total. The van der Waals surface area contributed by atoms with Crippen molar-refractivity contribution in [3.63, 3.8) is 0 Å². The second-order valence-corrected chi connectivity index (χ2v) is 4.30. The average molecular weight is 268 g/mol. The Hall–Kier alpha value is -1.56. The van der Waals surface area contributed by atoms with Gasteiger partial charge in [-0.25, -0.2) is 9.97 Å². The summed E-state index contributed by atoms with van der Waals surface area (Å²) in [6.45, 7) is 5.86. The lowest BCUT2D eigenvalue weighted by molar-refractivity contribution is 0.258. The Kier molecular flexibility index (Phi) is 6.95. The van der Waals surface area contributed by atoms with E-state index in [2.05, 4.69) is 27.5 Å². The molecule has 1 heterocycles. The van der Waals surface area contributed by atoms with Gasteiger partial charge in [-0.2, -0.15) is 0 Å². The van der Waals surface area contributed by atoms with Crippen LogP contribution in [0, 0.1) is 5.92 Å². The van der Waals surface area contributed by atoms with Gasteiger partial charge in [-0.1, -0.05) is 13.3 Å². The maximum absolute atomic E-state index is 8.99. The molecule has 108 valence electrons. The van der Waals surface area contributed by atoms with Crippen molar-refractivity contribution >= 4 is 11.6 Å². The monoisotopic (exact) mass is 268 g/mol. The van der Waals surface area contributed by atoms with Crippen LogP contribution in [0.15, 0.2) is 6.33 Å². The van der Waals surface area contributed by atoms with Gasteiger partial charge >= 0.3 is 0 Å². The summed E-state index contributed by atoms with van der Waals surface area (Å²) < 4.78 is 5.36. The second-order valence-electron chi connectivity index (χ2n) is 4.30. The van der Waals surface area contributed by atoms with E-state index in [1.54, 1.807) is 7.11 Å². The Bertz CT molecular complexity index is 374. The summed E-state index contributed by atoms with van der Waals surface area (Å²) in [4.78, 5) is 8.37. The fraction of sp³-hybridized carbons (Fsp3) is 0.692. The molecule has 0 aliphatic heterocycles. The van der Waals surface area contributed by atoms with Gasteiger partial charge in [0.25, 0.3) is 0 Å². The molecule has 0 spiro atoms. The standard InChI is InChI=1S/C13H24N4O2/c1-4-10(6-7-18)8-15-13-11(19-3)12(14-5-2)16-9-17-13/h9-10,18H,4-8H2,1-3H3,(H2,14,15,16,17). The van der Waals surface area contributed by atoms with Crippen LogP contribution in [0.2, 0.25) is 0 Å². The molecule has 0 saturated heterocycles. The van der Waals surface area contributed by atoms with Gasteiger partial charge in [0.05, 0.1) is 7.11 Å². The highest BCUT2D eigenvalue weighted by molar-refractivity contribution is 5.63. The molecule has 1 aromatic heterocycles. The van der Waals surface area contributed by atoms with Crippen LogP contribution in [0.5, 0.6) is 5.75 Å². The first-order valence-corrected chi connectivity index (χ1v) is 6.74. The zero-order chi connectivity index (χ0) is 14.1. The van der Waals surface area contributed by atoms with Crippen molar-refractivity contribution in [2.75, 3.05) is 37.4 Å². The Morgan fingerprint density at radius 3 is 2.47 bits per heavy atom. The van der Waals surface area contributed by atoms with Crippen LogP contribution >= 0.6 is 0 Å². The molecule has 1 atom stereocenters. The summed E-state index contributed by atoms with van der Waals surface area (Å²) in [6.07, 6.45) is 3.31. The second kappa shape index (κ2) is 8.53. The van der Waals surface area contributed by atoms with Gasteiger partial charge < -0.3 is 20.5 Å². The molecule has 6 nitrogen and oxygen atoms in total. The Labute approximate surface area is 114 Å². The molecule has 0 aliphatic carbocycles. The molecule has 6 heteroatoms. The van der Waals surface area contributed by atoms with Crippen LogP contribution in [0.3, 0.4) is 0 Å². The third-order valence-corrected chi connectivity index (χ3v) is 3.03. The molecular formula is C13H24N4O2. The van der Waals surface area contributed by atoms with Gasteiger partial charge in [0.15, 0.2) is 11.6 Å². The highest BCUT2D eigenvalue weighted by Crippen LogP contribution is 2.29. The molecule has 0 bridgehead atoms. The number of methoxy groups -OCH3 is 1. The predicted molar refractivity (Wildman–Crippen MR) is 76.7 cm³/mol. The topological polar surface area (TPSA) is 79.3 Å². The van der Waals surface area contributed by atoms with Crippen molar-refractivity contribution in [1.82, 2.24) is 9.97 Å². The molecule has 1 rings (SSSR count). The zero-order valence-electron chi connectivity index (χ0n) is 11.9. The number of ether oxygens (including phenoxy) is 1. The quantitative estimate of drug-likeness (QED) is 0.633. The van der Waals surface area contributed by atoms with E-state index in [1.807, 2.05) is 6.92 Å². The molecule has 0 amide bonds. The predicted octanol–water partition coefficient (Wildman–Crippen LogP) is 1.74. The van der Waals surface area contributed by atoms with E-state index in [0.29, 0.717) is 23.3 Å². The van der Waals surface area contributed by atoms with Gasteiger partial charge in [0.1, 0.15) is 6.33 Å². The minimum atomic E-state index is 0.212. The van der Waals surface area contributed by atoms with Crippen LogP contribution in [0.25, 0.3) is 0 Å². The zero-order valence-corrected chi connectivity index (χ0v) is 11.9. The van der Waals surface area contributed by atoms with Crippen molar-refractivity contribution in [2.24, 2.45) is 5.92 Å². The van der Waals surface area contributed by atoms with E-state index >= 15 is 0 Å². The highest BCUT2D eigenvalue weighted by Gasteiger charge is 2.13. The fourth-order valence-corrected chi connectivity index (χ4v) is 1.86. The largest absolute Gasteiger partial charge is 0.490 e. The van der Waals surface area contributed by atoms with Gasteiger partial charge in [-0.05, 0) is 19.3 Å². The molecule has 19 heavy (non-hydrogen) atoms. The number of hydrogen-bond acceptors (Lipinski definition) is 6. The number of rotatable bonds is 9. The van der Waals surface area contributed by atoms with Gasteiger partial charge in [-0.3, -0.25) is 0 Å². The minimum Gasteiger partial charge on any atom is -0.490 e. The summed E-state index contributed by atoms with van der Waals surface area (Å²) in [7, 11) is 1.61. The summed E-state index contributed by atoms with van der Waals surface area (Å²) in [5.74, 6) is 2.43. The summed E-state index contributed by atoms with van der Waals surface area (Å²) in [5, 5.41) is 15.4. The highest BCUT2D eigenvalue weighted by atomic mass is 16.5. The number of aliphatic hydroxyl groups is 1. The van der Waals surface area contributed by atoms with E-state index in [9.17, 15) is 0 Å². The van der Waals surface area contributed by atoms with E-state index in [-0.39, 0.29) is 6.61 Å². The van der Waals surface area contributed by atoms with Crippen LogP contribution in [0.4, 0.5) is 11.6 Å². The number of nitrogens with one attached hydrogen (secondary N) is 2. The number of aromatic nitrogens is 2. The van der Waals surface area contributed by atoms with Gasteiger partial charge in [-0.15, -0.1) is 0 Å². The van der Waals surface area contributed by atoms with Crippen molar-refractivity contribution in [1.29, 1.82) is 0 Å². The first-order valence-electron chi connectivity index (χ1n) is 6.74. The van der Waals surface area contributed by atoms with Crippen molar-refractivity contribution in [2.45, 2.75) is 26.7 Å². The molecule has 0 fully saturated rings. The number of aliphatic hydroxyl groups excluding tert-OH is 1. The molecule has 0 radical (unpaired) electrons. The lowest BCUT2D eigenvalue weighted by Gasteiger charge is -2.17. The lowest BCUT2D eigenvalue weighted by Crippen LogP contribution is -2.17. The molecule has 1 aromatic rings. The van der Waals surface area contributed by atoms with E-state index in [0.717, 1.165) is 25.9 Å². The smallest absolute Gasteiger partial charge is 0.204 e. The van der Waals surface area contributed by atoms with Crippen molar-refractivity contribution < 1.29 is 9.84 Å². The molecule has 0 aromatic carbocycles. The third-order valence-electron chi connectivity index (χ3n) is 3.03. The summed E-state index contributed by atoms with van der Waals surface area (Å²) in [6, 6.07) is 0. The molecular weight excluding hydrogens is 244 g/mol. The first-order chi connectivity index (χ1) is 9.26. The Morgan fingerprint density at radius 1 is 1.26 bits per heavy atom. The number of nitrogens with zero attached hydrogens (tertiary/aromatic N) is 2. The van der Waals surface area contributed by atoms with Gasteiger partial charge in [0, 0.05) is 19.7 Å². The number of anilines is 2. The molecule has 0 aliphatic rings. The third kappa shape index (κ3) is 4.55. The maximum atomic E-state index is 8.99. The van der Waals surface area contributed by atoms with Crippen LogP contribution in [0.1, 0.15) is 26.7 Å². The summed E-state index contributed by atoms with van der Waals surface area (Å²) >= 11 is 0. The van der Waals surface area contributed by atoms with E-state index in [4.69, 9.17) is 9.84 Å². The molecule has 1 unspecified atom stereocenters. The van der Waals surface area contributed by atoms with E-state index in [1.165, 1.54) is 6.33 Å².